The largest absolute Gasteiger partial charge is 0.309 e. The zero-order valence-corrected chi connectivity index (χ0v) is 12.1. The molecule has 0 spiro atoms. The van der Waals surface area contributed by atoms with Crippen LogP contribution in [0.1, 0.15) is 5.56 Å². The van der Waals surface area contributed by atoms with Gasteiger partial charge in [-0.1, -0.05) is 34.1 Å². The molecule has 4 rings (SSSR count). The first-order chi connectivity index (χ1) is 9.78. The van der Waals surface area contributed by atoms with Gasteiger partial charge in [-0.2, -0.15) is 5.26 Å². The van der Waals surface area contributed by atoms with Crippen molar-refractivity contribution < 1.29 is 0 Å². The number of hydrogen-bond acceptors (Lipinski definition) is 1. The van der Waals surface area contributed by atoms with Crippen LogP contribution >= 0.6 is 15.9 Å². The highest BCUT2D eigenvalue weighted by molar-refractivity contribution is 9.10. The summed E-state index contributed by atoms with van der Waals surface area (Å²) in [6, 6.07) is 20.6. The zero-order valence-electron chi connectivity index (χ0n) is 10.5. The minimum absolute atomic E-state index is 0.718. The number of para-hydroxylation sites is 1. The van der Waals surface area contributed by atoms with Gasteiger partial charge in [-0.25, -0.2) is 0 Å². The Kier molecular flexibility index (Phi) is 2.35. The first-order valence-corrected chi connectivity index (χ1v) is 7.10. The standard InChI is InChI=1S/C17H9BrN2/c18-13-5-6-16-11(7-13)8-14-9-12(10-19)15-3-1-2-4-17(15)20(14)16/h1-9H. The molecule has 3 heteroatoms. The molecule has 0 bridgehead atoms. The van der Waals surface area contributed by atoms with Gasteiger partial charge in [0.2, 0.25) is 0 Å². The van der Waals surface area contributed by atoms with Crippen molar-refractivity contribution in [2.45, 2.75) is 0 Å². The Labute approximate surface area is 124 Å². The summed E-state index contributed by atoms with van der Waals surface area (Å²) in [6.45, 7) is 0. The molecule has 0 aliphatic heterocycles. The lowest BCUT2D eigenvalue weighted by Gasteiger charge is -2.06. The zero-order chi connectivity index (χ0) is 13.7. The molecule has 2 heterocycles. The van der Waals surface area contributed by atoms with Crippen LogP contribution in [-0.2, 0) is 0 Å². The normalized spacial score (nSPS) is 11.2. The van der Waals surface area contributed by atoms with E-state index in [4.69, 9.17) is 0 Å². The number of rotatable bonds is 0. The highest BCUT2D eigenvalue weighted by atomic mass is 79.9. The summed E-state index contributed by atoms with van der Waals surface area (Å²) in [6.07, 6.45) is 0. The molecule has 20 heavy (non-hydrogen) atoms. The summed E-state index contributed by atoms with van der Waals surface area (Å²) >= 11 is 3.51. The summed E-state index contributed by atoms with van der Waals surface area (Å²) in [7, 11) is 0. The van der Waals surface area contributed by atoms with Gasteiger partial charge in [0.25, 0.3) is 0 Å². The van der Waals surface area contributed by atoms with Crippen molar-refractivity contribution in [3.63, 3.8) is 0 Å². The van der Waals surface area contributed by atoms with E-state index in [1.165, 1.54) is 5.39 Å². The second-order valence-electron chi connectivity index (χ2n) is 4.79. The maximum atomic E-state index is 9.35. The summed E-state index contributed by atoms with van der Waals surface area (Å²) < 4.78 is 3.27. The molecule has 0 fully saturated rings. The summed E-state index contributed by atoms with van der Waals surface area (Å²) in [5.74, 6) is 0. The molecule has 2 aromatic heterocycles. The topological polar surface area (TPSA) is 28.2 Å². The van der Waals surface area contributed by atoms with Crippen LogP contribution in [-0.4, -0.2) is 4.40 Å². The van der Waals surface area contributed by atoms with Gasteiger partial charge in [0.05, 0.1) is 22.7 Å². The van der Waals surface area contributed by atoms with Crippen LogP contribution in [0, 0.1) is 11.3 Å². The number of halogens is 1. The minimum atomic E-state index is 0.718. The molecule has 94 valence electrons. The summed E-state index contributed by atoms with van der Waals surface area (Å²) in [4.78, 5) is 0. The van der Waals surface area contributed by atoms with E-state index >= 15 is 0 Å². The molecule has 0 radical (unpaired) electrons. The molecule has 0 unspecified atom stereocenters. The van der Waals surface area contributed by atoms with E-state index in [1.807, 2.05) is 30.3 Å². The molecule has 0 aliphatic carbocycles. The van der Waals surface area contributed by atoms with Crippen LogP contribution < -0.4 is 0 Å². The van der Waals surface area contributed by atoms with Crippen LogP contribution in [0.5, 0.6) is 0 Å². The van der Waals surface area contributed by atoms with E-state index in [-0.39, 0.29) is 0 Å². The van der Waals surface area contributed by atoms with Crippen molar-refractivity contribution in [1.82, 2.24) is 4.40 Å². The van der Waals surface area contributed by atoms with Gasteiger partial charge in [0, 0.05) is 20.8 Å². The molecule has 0 saturated heterocycles. The lowest BCUT2D eigenvalue weighted by molar-refractivity contribution is 1.32. The van der Waals surface area contributed by atoms with E-state index in [1.54, 1.807) is 0 Å². The second-order valence-corrected chi connectivity index (χ2v) is 5.71. The van der Waals surface area contributed by atoms with Crippen molar-refractivity contribution >= 4 is 43.3 Å². The fourth-order valence-corrected chi connectivity index (χ4v) is 3.18. The Morgan fingerprint density at radius 3 is 2.65 bits per heavy atom. The number of hydrogen-bond donors (Lipinski definition) is 0. The van der Waals surface area contributed by atoms with E-state index in [9.17, 15) is 5.26 Å². The molecule has 0 N–H and O–H groups in total. The van der Waals surface area contributed by atoms with Gasteiger partial charge in [-0.05, 0) is 36.4 Å². The third-order valence-electron chi connectivity index (χ3n) is 3.64. The molecular formula is C17H9BrN2. The lowest BCUT2D eigenvalue weighted by atomic mass is 10.1. The van der Waals surface area contributed by atoms with Crippen molar-refractivity contribution in [1.29, 1.82) is 5.26 Å². The molecule has 4 aromatic rings. The van der Waals surface area contributed by atoms with Crippen molar-refractivity contribution in [3.8, 4) is 6.07 Å². The molecule has 0 atom stereocenters. The SMILES string of the molecule is N#Cc1cc2cc3cc(Br)ccc3n2c2ccccc12. The Hall–Kier alpha value is -2.31. The van der Waals surface area contributed by atoms with Crippen LogP contribution in [0.15, 0.2) is 59.1 Å². The number of nitriles is 1. The predicted molar refractivity (Wildman–Crippen MR) is 84.8 cm³/mol. The van der Waals surface area contributed by atoms with Crippen molar-refractivity contribution in [2.75, 3.05) is 0 Å². The predicted octanol–water partition coefficient (Wildman–Crippen LogP) is 4.88. The molecule has 2 aromatic carbocycles. The Bertz CT molecular complexity index is 1020. The Balaban J connectivity index is 2.34. The number of pyridine rings is 1. The molecule has 2 nitrogen and oxygen atoms in total. The minimum Gasteiger partial charge on any atom is -0.309 e. The third-order valence-corrected chi connectivity index (χ3v) is 4.13. The molecule has 0 amide bonds. The van der Waals surface area contributed by atoms with Crippen molar-refractivity contribution in [2.24, 2.45) is 0 Å². The van der Waals surface area contributed by atoms with Crippen LogP contribution in [0.25, 0.3) is 27.3 Å². The van der Waals surface area contributed by atoms with E-state index in [2.05, 4.69) is 50.7 Å². The number of benzene rings is 2. The lowest BCUT2D eigenvalue weighted by Crippen LogP contribution is -1.90. The van der Waals surface area contributed by atoms with Gasteiger partial charge < -0.3 is 4.40 Å². The highest BCUT2D eigenvalue weighted by Gasteiger charge is 2.09. The summed E-state index contributed by atoms with van der Waals surface area (Å²) in [5, 5.41) is 11.5. The maximum absolute atomic E-state index is 9.35. The quantitative estimate of drug-likeness (QED) is 0.454. The fraction of sp³-hybridized carbons (Fsp3) is 0. The van der Waals surface area contributed by atoms with Gasteiger partial charge >= 0.3 is 0 Å². The van der Waals surface area contributed by atoms with Crippen molar-refractivity contribution in [3.05, 3.63) is 64.6 Å². The third kappa shape index (κ3) is 1.49. The molecule has 0 saturated carbocycles. The Morgan fingerprint density at radius 2 is 1.80 bits per heavy atom. The van der Waals surface area contributed by atoms with Gasteiger partial charge in [0.1, 0.15) is 0 Å². The molecule has 0 aliphatic rings. The van der Waals surface area contributed by atoms with Gasteiger partial charge in [0.15, 0.2) is 0 Å². The van der Waals surface area contributed by atoms with Crippen LogP contribution in [0.2, 0.25) is 0 Å². The van der Waals surface area contributed by atoms with E-state index in [0.29, 0.717) is 0 Å². The Morgan fingerprint density at radius 1 is 0.950 bits per heavy atom. The van der Waals surface area contributed by atoms with Crippen LogP contribution in [0.3, 0.4) is 0 Å². The van der Waals surface area contributed by atoms with Gasteiger partial charge in [-0.15, -0.1) is 0 Å². The maximum Gasteiger partial charge on any atom is 0.0999 e. The average molecular weight is 321 g/mol. The average Bonchev–Trinajstić information content (AvgIpc) is 2.83. The number of aromatic nitrogens is 1. The molecular weight excluding hydrogens is 312 g/mol. The second kappa shape index (κ2) is 4.09. The fourth-order valence-electron chi connectivity index (χ4n) is 2.80. The monoisotopic (exact) mass is 320 g/mol. The van der Waals surface area contributed by atoms with E-state index in [0.717, 1.165) is 32.0 Å². The first-order valence-electron chi connectivity index (χ1n) is 6.30. The smallest absolute Gasteiger partial charge is 0.0999 e. The van der Waals surface area contributed by atoms with Gasteiger partial charge in [-0.3, -0.25) is 0 Å². The summed E-state index contributed by atoms with van der Waals surface area (Å²) in [5.41, 5.74) is 3.99. The van der Waals surface area contributed by atoms with E-state index < -0.39 is 0 Å². The highest BCUT2D eigenvalue weighted by Crippen LogP contribution is 2.29. The number of fused-ring (bicyclic) bond motifs is 5. The number of nitrogens with zero attached hydrogens (tertiary/aromatic N) is 2. The first kappa shape index (κ1) is 11.5. The van der Waals surface area contributed by atoms with Crippen LogP contribution in [0.4, 0.5) is 0 Å².